The summed E-state index contributed by atoms with van der Waals surface area (Å²) >= 11 is 0. The van der Waals surface area contributed by atoms with Crippen molar-refractivity contribution in [1.82, 2.24) is 4.72 Å². The zero-order valence-corrected chi connectivity index (χ0v) is 16.9. The summed E-state index contributed by atoms with van der Waals surface area (Å²) in [6.45, 7) is 7.51. The van der Waals surface area contributed by atoms with Gasteiger partial charge in [-0.1, -0.05) is 6.07 Å². The maximum atomic E-state index is 13.7. The summed E-state index contributed by atoms with van der Waals surface area (Å²) in [5.41, 5.74) is -3.00. The average molecular weight is 421 g/mol. The molecule has 2 aliphatic heterocycles. The molecule has 1 aromatic rings. The molecule has 0 saturated carbocycles. The molecule has 0 aliphatic carbocycles. The highest BCUT2D eigenvalue weighted by atomic mass is 32.2. The van der Waals surface area contributed by atoms with Gasteiger partial charge < -0.3 is 14.0 Å². The zero-order valence-electron chi connectivity index (χ0n) is 16.1. The van der Waals surface area contributed by atoms with E-state index in [2.05, 4.69) is 4.72 Å². The SMILES string of the molecule is CC1(C)OB(c2ccc(S(=O)(=O)NC3CCOC3)cc2C(F)(F)F)OC1(C)C. The van der Waals surface area contributed by atoms with Gasteiger partial charge in [0, 0.05) is 12.6 Å². The number of hydrogen-bond donors (Lipinski definition) is 1. The van der Waals surface area contributed by atoms with Crippen LogP contribution in [0.3, 0.4) is 0 Å². The second-order valence-corrected chi connectivity index (χ2v) is 9.73. The minimum Gasteiger partial charge on any atom is -0.399 e. The van der Waals surface area contributed by atoms with Gasteiger partial charge in [-0.2, -0.15) is 13.2 Å². The van der Waals surface area contributed by atoms with Crippen LogP contribution < -0.4 is 10.2 Å². The van der Waals surface area contributed by atoms with Crippen molar-refractivity contribution in [2.75, 3.05) is 13.2 Å². The van der Waals surface area contributed by atoms with Gasteiger partial charge >= 0.3 is 13.3 Å². The Morgan fingerprint density at radius 1 is 1.14 bits per heavy atom. The van der Waals surface area contributed by atoms with Crippen LogP contribution in [-0.2, 0) is 30.2 Å². The Bertz CT molecular complexity index is 835. The first kappa shape index (κ1) is 21.6. The maximum absolute atomic E-state index is 13.7. The summed E-state index contributed by atoms with van der Waals surface area (Å²) in [6.07, 6.45) is -4.31. The van der Waals surface area contributed by atoms with Crippen molar-refractivity contribution in [3.05, 3.63) is 23.8 Å². The predicted molar refractivity (Wildman–Crippen MR) is 96.7 cm³/mol. The number of rotatable bonds is 4. The van der Waals surface area contributed by atoms with E-state index in [0.29, 0.717) is 19.1 Å². The van der Waals surface area contributed by atoms with Crippen LogP contribution in [-0.4, -0.2) is 46.0 Å². The Kier molecular flexibility index (Phi) is 5.38. The van der Waals surface area contributed by atoms with Gasteiger partial charge in [-0.25, -0.2) is 13.1 Å². The van der Waals surface area contributed by atoms with Gasteiger partial charge in [0.2, 0.25) is 10.0 Å². The van der Waals surface area contributed by atoms with Crippen molar-refractivity contribution >= 4 is 22.6 Å². The smallest absolute Gasteiger partial charge is 0.399 e. The molecule has 1 atom stereocenters. The maximum Gasteiger partial charge on any atom is 0.495 e. The molecule has 11 heteroatoms. The monoisotopic (exact) mass is 421 g/mol. The van der Waals surface area contributed by atoms with E-state index in [4.69, 9.17) is 14.0 Å². The highest BCUT2D eigenvalue weighted by Gasteiger charge is 2.53. The number of hydrogen-bond acceptors (Lipinski definition) is 5. The fourth-order valence-electron chi connectivity index (χ4n) is 3.04. The highest BCUT2D eigenvalue weighted by Crippen LogP contribution is 2.38. The largest absolute Gasteiger partial charge is 0.495 e. The Morgan fingerprint density at radius 3 is 2.25 bits per heavy atom. The van der Waals surface area contributed by atoms with Crippen molar-refractivity contribution in [2.45, 2.75) is 62.4 Å². The molecule has 0 bridgehead atoms. The molecule has 6 nitrogen and oxygen atoms in total. The third kappa shape index (κ3) is 4.09. The quantitative estimate of drug-likeness (QED) is 0.754. The topological polar surface area (TPSA) is 73.9 Å². The van der Waals surface area contributed by atoms with Crippen LogP contribution in [0.15, 0.2) is 23.1 Å². The molecule has 2 heterocycles. The van der Waals surface area contributed by atoms with E-state index in [-0.39, 0.29) is 12.1 Å². The third-order valence-electron chi connectivity index (χ3n) is 5.40. The first-order valence-electron chi connectivity index (χ1n) is 8.90. The van der Waals surface area contributed by atoms with E-state index in [1.165, 1.54) is 0 Å². The van der Waals surface area contributed by atoms with E-state index >= 15 is 0 Å². The van der Waals surface area contributed by atoms with Crippen molar-refractivity contribution in [3.63, 3.8) is 0 Å². The molecule has 28 heavy (non-hydrogen) atoms. The molecule has 2 saturated heterocycles. The van der Waals surface area contributed by atoms with E-state index in [9.17, 15) is 21.6 Å². The van der Waals surface area contributed by atoms with Crippen molar-refractivity contribution in [1.29, 1.82) is 0 Å². The molecule has 0 amide bonds. The second kappa shape index (κ2) is 6.98. The number of halogens is 3. The number of sulfonamides is 1. The van der Waals surface area contributed by atoms with Crippen molar-refractivity contribution < 1.29 is 35.6 Å². The second-order valence-electron chi connectivity index (χ2n) is 8.02. The molecule has 2 fully saturated rings. The summed E-state index contributed by atoms with van der Waals surface area (Å²) < 4.78 is 85.1. The van der Waals surface area contributed by atoms with Crippen LogP contribution in [0.25, 0.3) is 0 Å². The summed E-state index contributed by atoms with van der Waals surface area (Å²) in [5.74, 6) is 0. The van der Waals surface area contributed by atoms with E-state index in [0.717, 1.165) is 12.1 Å². The van der Waals surface area contributed by atoms with Crippen LogP contribution in [0.5, 0.6) is 0 Å². The lowest BCUT2D eigenvalue weighted by atomic mass is 9.76. The molecule has 0 aromatic heterocycles. The molecule has 0 spiro atoms. The first-order chi connectivity index (χ1) is 12.7. The molecule has 1 N–H and O–H groups in total. The van der Waals surface area contributed by atoms with Gasteiger partial charge in [0.1, 0.15) is 0 Å². The molecule has 2 aliphatic rings. The summed E-state index contributed by atoms with van der Waals surface area (Å²) in [5, 5.41) is 0. The zero-order chi connectivity index (χ0) is 21.0. The molecular formula is C17H23BF3NO5S. The number of ether oxygens (including phenoxy) is 1. The fraction of sp³-hybridized carbons (Fsp3) is 0.647. The van der Waals surface area contributed by atoms with Gasteiger partial charge in [-0.05, 0) is 51.7 Å². The normalized spacial score (nSPS) is 24.7. The van der Waals surface area contributed by atoms with Crippen LogP contribution in [0, 0.1) is 0 Å². The van der Waals surface area contributed by atoms with Gasteiger partial charge in [-0.3, -0.25) is 0 Å². The van der Waals surface area contributed by atoms with Crippen molar-refractivity contribution in [2.24, 2.45) is 0 Å². The standard InChI is InChI=1S/C17H23BF3NO5S/c1-15(2)16(3,4)27-18(26-15)14-6-5-12(9-13(14)17(19,20)21)28(23,24)22-11-7-8-25-10-11/h5-6,9,11,22H,7-8,10H2,1-4H3. The Hall–Kier alpha value is -1.14. The van der Waals surface area contributed by atoms with Crippen LogP contribution in [0.2, 0.25) is 0 Å². The predicted octanol–water partition coefficient (Wildman–Crippen LogP) is 2.07. The Balaban J connectivity index is 1.97. The molecular weight excluding hydrogens is 398 g/mol. The lowest BCUT2D eigenvalue weighted by molar-refractivity contribution is -0.137. The minimum atomic E-state index is -4.78. The molecule has 1 unspecified atom stereocenters. The lowest BCUT2D eigenvalue weighted by Gasteiger charge is -2.32. The van der Waals surface area contributed by atoms with Crippen LogP contribution in [0.1, 0.15) is 39.7 Å². The van der Waals surface area contributed by atoms with Gasteiger partial charge in [-0.15, -0.1) is 0 Å². The van der Waals surface area contributed by atoms with Crippen molar-refractivity contribution in [3.8, 4) is 0 Å². The third-order valence-corrected chi connectivity index (χ3v) is 6.92. The van der Waals surface area contributed by atoms with Crippen LogP contribution >= 0.6 is 0 Å². The Morgan fingerprint density at radius 2 is 1.75 bits per heavy atom. The first-order valence-corrected chi connectivity index (χ1v) is 10.4. The van der Waals surface area contributed by atoms with E-state index in [1.807, 2.05) is 0 Å². The summed E-state index contributed by atoms with van der Waals surface area (Å²) in [6, 6.07) is 2.40. The summed E-state index contributed by atoms with van der Waals surface area (Å²) in [7, 11) is -5.38. The average Bonchev–Trinajstić information content (AvgIpc) is 3.11. The fourth-order valence-corrected chi connectivity index (χ4v) is 4.32. The molecule has 0 radical (unpaired) electrons. The van der Waals surface area contributed by atoms with E-state index < -0.39 is 51.0 Å². The summed E-state index contributed by atoms with van der Waals surface area (Å²) in [4.78, 5) is -0.466. The highest BCUT2D eigenvalue weighted by molar-refractivity contribution is 7.89. The number of benzene rings is 1. The molecule has 1 aromatic carbocycles. The van der Waals surface area contributed by atoms with Gasteiger partial charge in [0.15, 0.2) is 0 Å². The van der Waals surface area contributed by atoms with Gasteiger partial charge in [0.25, 0.3) is 0 Å². The number of nitrogens with one attached hydrogen (secondary N) is 1. The minimum absolute atomic E-state index is 0.192. The van der Waals surface area contributed by atoms with Gasteiger partial charge in [0.05, 0.1) is 28.3 Å². The van der Waals surface area contributed by atoms with Crippen LogP contribution in [0.4, 0.5) is 13.2 Å². The molecule has 156 valence electrons. The lowest BCUT2D eigenvalue weighted by Crippen LogP contribution is -2.41. The molecule has 3 rings (SSSR count). The number of alkyl halides is 3. The Labute approximate surface area is 162 Å². The van der Waals surface area contributed by atoms with E-state index in [1.54, 1.807) is 27.7 Å².